The summed E-state index contributed by atoms with van der Waals surface area (Å²) in [4.78, 5) is 41.5. The molecule has 0 fully saturated rings. The Hall–Kier alpha value is -3.29. The van der Waals surface area contributed by atoms with Crippen LogP contribution >= 0.6 is 0 Å². The topological polar surface area (TPSA) is 116 Å². The van der Waals surface area contributed by atoms with Crippen molar-refractivity contribution in [2.75, 3.05) is 0 Å². The number of rotatable bonds is 3. The van der Waals surface area contributed by atoms with Gasteiger partial charge in [-0.05, 0) is 31.4 Å². The monoisotopic (exact) mass is 336 g/mol. The maximum atomic E-state index is 12.3. The van der Waals surface area contributed by atoms with Crippen molar-refractivity contribution in [1.82, 2.24) is 30.2 Å². The fourth-order valence-electron chi connectivity index (χ4n) is 3.02. The quantitative estimate of drug-likeness (QED) is 0.668. The molecule has 0 saturated heterocycles. The highest BCUT2D eigenvalue weighted by atomic mass is 16.2. The number of H-pyrrole nitrogens is 2. The largest absolute Gasteiger partial charge is 0.344 e. The van der Waals surface area contributed by atoms with Gasteiger partial charge in [0.05, 0.1) is 6.04 Å². The molecule has 1 amide bonds. The summed E-state index contributed by atoms with van der Waals surface area (Å²) in [5.41, 5.74) is 2.53. The number of pyridine rings is 1. The number of aryl methyl sites for hydroxylation is 1. The van der Waals surface area contributed by atoms with Crippen LogP contribution in [0, 0.1) is 0 Å². The van der Waals surface area contributed by atoms with E-state index in [1.54, 1.807) is 18.6 Å². The second-order valence-electron chi connectivity index (χ2n) is 5.91. The van der Waals surface area contributed by atoms with Crippen molar-refractivity contribution in [2.45, 2.75) is 25.3 Å². The molecule has 1 aliphatic carbocycles. The molecule has 0 bridgehead atoms. The molecule has 0 aliphatic heterocycles. The highest BCUT2D eigenvalue weighted by molar-refractivity contribution is 5.92. The zero-order valence-corrected chi connectivity index (χ0v) is 13.3. The second kappa shape index (κ2) is 6.31. The summed E-state index contributed by atoms with van der Waals surface area (Å²) >= 11 is 0. The lowest BCUT2D eigenvalue weighted by atomic mass is 9.92. The van der Waals surface area contributed by atoms with Gasteiger partial charge in [-0.25, -0.2) is 14.8 Å². The van der Waals surface area contributed by atoms with Gasteiger partial charge in [-0.15, -0.1) is 0 Å². The molecule has 4 rings (SSSR count). The molecule has 1 atom stereocenters. The zero-order valence-electron chi connectivity index (χ0n) is 13.3. The highest BCUT2D eigenvalue weighted by Gasteiger charge is 2.24. The molecule has 25 heavy (non-hydrogen) atoms. The third-order valence-electron chi connectivity index (χ3n) is 4.25. The first kappa shape index (κ1) is 15.3. The zero-order chi connectivity index (χ0) is 17.2. The summed E-state index contributed by atoms with van der Waals surface area (Å²) in [7, 11) is 0. The Morgan fingerprint density at radius 2 is 2.24 bits per heavy atom. The lowest BCUT2D eigenvalue weighted by molar-refractivity contribution is 0.0928. The van der Waals surface area contributed by atoms with E-state index >= 15 is 0 Å². The minimum absolute atomic E-state index is 0.169. The van der Waals surface area contributed by atoms with Crippen LogP contribution in [0.25, 0.3) is 11.4 Å². The van der Waals surface area contributed by atoms with Crippen molar-refractivity contribution in [2.24, 2.45) is 0 Å². The molecule has 0 unspecified atom stereocenters. The number of hydrogen-bond donors (Lipinski definition) is 3. The summed E-state index contributed by atoms with van der Waals surface area (Å²) in [6, 6.07) is 3.59. The number of carbonyl (C=O) groups is 1. The number of nitrogens with zero attached hydrogens (tertiary/aromatic N) is 3. The van der Waals surface area contributed by atoms with Crippen molar-refractivity contribution in [3.63, 3.8) is 0 Å². The minimum Gasteiger partial charge on any atom is -0.344 e. The molecular formula is C17H16N6O2. The van der Waals surface area contributed by atoms with Crippen LogP contribution in [-0.4, -0.2) is 30.8 Å². The lowest BCUT2D eigenvalue weighted by Gasteiger charge is -2.25. The van der Waals surface area contributed by atoms with Crippen molar-refractivity contribution in [1.29, 1.82) is 0 Å². The first-order valence-electron chi connectivity index (χ1n) is 8.05. The molecule has 3 N–H and O–H groups in total. The van der Waals surface area contributed by atoms with E-state index in [4.69, 9.17) is 0 Å². The van der Waals surface area contributed by atoms with E-state index in [1.165, 1.54) is 6.20 Å². The average molecular weight is 336 g/mol. The van der Waals surface area contributed by atoms with Crippen LogP contribution in [-0.2, 0) is 6.42 Å². The molecular weight excluding hydrogens is 320 g/mol. The van der Waals surface area contributed by atoms with Crippen molar-refractivity contribution in [3.8, 4) is 11.4 Å². The number of carbonyl (C=O) groups excluding carboxylic acids is 1. The van der Waals surface area contributed by atoms with Crippen molar-refractivity contribution in [3.05, 3.63) is 64.4 Å². The number of imidazole rings is 1. The molecule has 1 aliphatic rings. The van der Waals surface area contributed by atoms with E-state index < -0.39 is 5.69 Å². The van der Waals surface area contributed by atoms with Crippen LogP contribution in [0.15, 0.2) is 41.7 Å². The predicted molar refractivity (Wildman–Crippen MR) is 89.8 cm³/mol. The normalized spacial score (nSPS) is 16.2. The van der Waals surface area contributed by atoms with Crippen LogP contribution in [0.4, 0.5) is 0 Å². The van der Waals surface area contributed by atoms with E-state index in [2.05, 4.69) is 30.2 Å². The van der Waals surface area contributed by atoms with Gasteiger partial charge in [0.15, 0.2) is 5.82 Å². The highest BCUT2D eigenvalue weighted by Crippen LogP contribution is 2.29. The average Bonchev–Trinajstić information content (AvgIpc) is 3.09. The molecule has 3 heterocycles. The van der Waals surface area contributed by atoms with Crippen LogP contribution in [0.1, 0.15) is 40.6 Å². The SMILES string of the molecule is O=C(N[C@H]1CCCc2nc(-c3cccnc3)ncc21)c1c[nH]c(=O)[nH]1. The van der Waals surface area contributed by atoms with Gasteiger partial charge in [-0.3, -0.25) is 9.78 Å². The lowest BCUT2D eigenvalue weighted by Crippen LogP contribution is -2.32. The second-order valence-corrected chi connectivity index (χ2v) is 5.91. The number of nitrogens with one attached hydrogen (secondary N) is 3. The molecule has 0 radical (unpaired) electrons. The third kappa shape index (κ3) is 3.06. The van der Waals surface area contributed by atoms with E-state index in [1.807, 2.05) is 12.1 Å². The minimum atomic E-state index is -0.404. The third-order valence-corrected chi connectivity index (χ3v) is 4.25. The van der Waals surface area contributed by atoms with Gasteiger partial charge in [0, 0.05) is 41.6 Å². The van der Waals surface area contributed by atoms with Gasteiger partial charge in [-0.2, -0.15) is 0 Å². The smallest absolute Gasteiger partial charge is 0.323 e. The van der Waals surface area contributed by atoms with E-state index in [0.29, 0.717) is 5.82 Å². The summed E-state index contributed by atoms with van der Waals surface area (Å²) in [6.45, 7) is 0. The molecule has 0 spiro atoms. The molecule has 3 aromatic heterocycles. The van der Waals surface area contributed by atoms with Gasteiger partial charge in [-0.1, -0.05) is 0 Å². The van der Waals surface area contributed by atoms with Crippen LogP contribution in [0.3, 0.4) is 0 Å². The molecule has 8 nitrogen and oxygen atoms in total. The van der Waals surface area contributed by atoms with Gasteiger partial charge in [0.2, 0.25) is 0 Å². The number of hydrogen-bond acceptors (Lipinski definition) is 5. The summed E-state index contributed by atoms with van der Waals surface area (Å²) in [5.74, 6) is 0.307. The Bertz CT molecular complexity index is 963. The predicted octanol–water partition coefficient (Wildman–Crippen LogP) is 1.36. The Kier molecular flexibility index (Phi) is 3.85. The fraction of sp³-hybridized carbons (Fsp3) is 0.235. The molecule has 0 saturated carbocycles. The summed E-state index contributed by atoms with van der Waals surface area (Å²) in [5, 5.41) is 2.94. The Morgan fingerprint density at radius 1 is 1.32 bits per heavy atom. The maximum absolute atomic E-state index is 12.3. The van der Waals surface area contributed by atoms with Crippen molar-refractivity contribution >= 4 is 5.91 Å². The molecule has 3 aromatic rings. The first-order chi connectivity index (χ1) is 12.2. The van der Waals surface area contributed by atoms with Crippen LogP contribution in [0.5, 0.6) is 0 Å². The first-order valence-corrected chi connectivity index (χ1v) is 8.05. The van der Waals surface area contributed by atoms with Gasteiger partial charge >= 0.3 is 5.69 Å². The van der Waals surface area contributed by atoms with Gasteiger partial charge in [0.25, 0.3) is 5.91 Å². The molecule has 126 valence electrons. The Balaban J connectivity index is 1.60. The van der Waals surface area contributed by atoms with Crippen molar-refractivity contribution < 1.29 is 4.79 Å². The fourth-order valence-corrected chi connectivity index (χ4v) is 3.02. The summed E-state index contributed by atoms with van der Waals surface area (Å²) < 4.78 is 0. The van der Waals surface area contributed by atoms with Gasteiger partial charge in [0.1, 0.15) is 5.69 Å². The maximum Gasteiger partial charge on any atom is 0.323 e. The summed E-state index contributed by atoms with van der Waals surface area (Å²) in [6.07, 6.45) is 9.15. The standard InChI is InChI=1S/C17H16N6O2/c24-16(14-9-20-17(25)23-14)22-13-5-1-4-12-11(13)8-19-15(21-12)10-3-2-6-18-7-10/h2-3,6-9,13H,1,4-5H2,(H,22,24)(H2,20,23,25)/t13-/m0/s1. The van der Waals surface area contributed by atoms with Crippen LogP contribution in [0.2, 0.25) is 0 Å². The van der Waals surface area contributed by atoms with E-state index in [9.17, 15) is 9.59 Å². The van der Waals surface area contributed by atoms with E-state index in [0.717, 1.165) is 36.1 Å². The number of fused-ring (bicyclic) bond motifs is 1. The molecule has 0 aromatic carbocycles. The Labute approximate surface area is 142 Å². The Morgan fingerprint density at radius 3 is 3.00 bits per heavy atom. The van der Waals surface area contributed by atoms with Crippen LogP contribution < -0.4 is 11.0 Å². The van der Waals surface area contributed by atoms with E-state index in [-0.39, 0.29) is 17.6 Å². The number of aromatic nitrogens is 5. The van der Waals surface area contributed by atoms with Gasteiger partial charge < -0.3 is 15.3 Å². The number of amides is 1. The number of aromatic amines is 2. The molecule has 8 heteroatoms.